The molecule has 0 aliphatic carbocycles. The molecule has 1 N–H and O–H groups in total. The molecular weight excluding hydrogens is 492 g/mol. The van der Waals surface area contributed by atoms with Gasteiger partial charge in [-0.3, -0.25) is 9.59 Å². The highest BCUT2D eigenvalue weighted by Crippen LogP contribution is 2.19. The second kappa shape index (κ2) is 11.7. The zero-order valence-corrected chi connectivity index (χ0v) is 20.0. The predicted molar refractivity (Wildman–Crippen MR) is 130 cm³/mol. The Balaban J connectivity index is 1.86. The van der Waals surface area contributed by atoms with Crippen LogP contribution in [0, 0.1) is 0 Å². The van der Waals surface area contributed by atoms with Crippen molar-refractivity contribution in [1.29, 1.82) is 0 Å². The fourth-order valence-corrected chi connectivity index (χ4v) is 3.74. The van der Waals surface area contributed by atoms with E-state index in [0.29, 0.717) is 17.2 Å². The first-order valence-corrected chi connectivity index (χ1v) is 11.3. The molecule has 0 heterocycles. The Hall–Kier alpha value is -2.83. The molecule has 0 spiro atoms. The second-order valence-corrected chi connectivity index (χ2v) is 8.57. The normalized spacial score (nSPS) is 11.5. The molecule has 2 amide bonds. The van der Waals surface area contributed by atoms with Crippen LogP contribution in [0.3, 0.4) is 0 Å². The Morgan fingerprint density at radius 1 is 1.00 bits per heavy atom. The molecule has 3 aromatic rings. The van der Waals surface area contributed by atoms with E-state index in [9.17, 15) is 9.59 Å². The summed E-state index contributed by atoms with van der Waals surface area (Å²) in [5, 5.41) is 3.22. The minimum Gasteiger partial charge on any atom is -0.484 e. The van der Waals surface area contributed by atoms with Crippen molar-refractivity contribution in [3.63, 3.8) is 0 Å². The average Bonchev–Trinajstić information content (AvgIpc) is 2.81. The minimum absolute atomic E-state index is 0.209. The van der Waals surface area contributed by atoms with E-state index in [-0.39, 0.29) is 25.0 Å². The van der Waals surface area contributed by atoms with Crippen LogP contribution in [-0.2, 0) is 22.6 Å². The van der Waals surface area contributed by atoms with Gasteiger partial charge in [0.2, 0.25) is 5.91 Å². The van der Waals surface area contributed by atoms with Crippen molar-refractivity contribution in [3.8, 4) is 5.75 Å². The van der Waals surface area contributed by atoms with E-state index < -0.39 is 6.04 Å². The molecule has 0 radical (unpaired) electrons. The molecule has 0 saturated carbocycles. The molecular formula is C25H24BrClN2O3. The number of hydrogen-bond donors (Lipinski definition) is 1. The second-order valence-electron chi connectivity index (χ2n) is 7.21. The topological polar surface area (TPSA) is 58.6 Å². The number of nitrogens with one attached hydrogen (secondary N) is 1. The number of halogens is 2. The number of carbonyl (C=O) groups is 2. The smallest absolute Gasteiger partial charge is 0.261 e. The van der Waals surface area contributed by atoms with Gasteiger partial charge in [0.25, 0.3) is 5.91 Å². The zero-order chi connectivity index (χ0) is 22.9. The van der Waals surface area contributed by atoms with Crippen LogP contribution in [0.1, 0.15) is 11.1 Å². The fraction of sp³-hybridized carbons (Fsp3) is 0.200. The van der Waals surface area contributed by atoms with Crippen molar-refractivity contribution in [2.24, 2.45) is 0 Å². The summed E-state index contributed by atoms with van der Waals surface area (Å²) in [6, 6.07) is 23.5. The highest BCUT2D eigenvalue weighted by Gasteiger charge is 2.30. The van der Waals surface area contributed by atoms with Gasteiger partial charge in [0.1, 0.15) is 11.8 Å². The van der Waals surface area contributed by atoms with Gasteiger partial charge in [0.05, 0.1) is 0 Å². The average molecular weight is 516 g/mol. The molecule has 0 bridgehead atoms. The Morgan fingerprint density at radius 2 is 1.72 bits per heavy atom. The van der Waals surface area contributed by atoms with E-state index in [1.165, 1.54) is 0 Å². The first-order chi connectivity index (χ1) is 15.5. The maximum absolute atomic E-state index is 13.3. The van der Waals surface area contributed by atoms with Crippen LogP contribution in [0.5, 0.6) is 5.75 Å². The maximum atomic E-state index is 13.3. The molecule has 0 aliphatic heterocycles. The first kappa shape index (κ1) is 23.8. The summed E-state index contributed by atoms with van der Waals surface area (Å²) in [5.41, 5.74) is 1.87. The molecule has 1 atom stereocenters. The molecule has 7 heteroatoms. The molecule has 0 saturated heterocycles. The van der Waals surface area contributed by atoms with Gasteiger partial charge in [-0.2, -0.15) is 0 Å². The van der Waals surface area contributed by atoms with Gasteiger partial charge < -0.3 is 15.0 Å². The summed E-state index contributed by atoms with van der Waals surface area (Å²) in [4.78, 5) is 27.7. The van der Waals surface area contributed by atoms with Crippen LogP contribution in [0.4, 0.5) is 0 Å². The number of ether oxygens (including phenoxy) is 1. The van der Waals surface area contributed by atoms with E-state index in [4.69, 9.17) is 16.3 Å². The SMILES string of the molecule is CNC(=O)[C@H](Cc1ccccc1)N(Cc1ccc(Br)cc1)C(=O)COc1cccc(Cl)c1. The predicted octanol–water partition coefficient (Wildman–Crippen LogP) is 4.87. The number of carbonyl (C=O) groups excluding carboxylic acids is 2. The lowest BCUT2D eigenvalue weighted by atomic mass is 10.0. The van der Waals surface area contributed by atoms with Gasteiger partial charge in [-0.05, 0) is 41.5 Å². The van der Waals surface area contributed by atoms with Crippen molar-refractivity contribution in [2.75, 3.05) is 13.7 Å². The zero-order valence-electron chi connectivity index (χ0n) is 17.6. The third kappa shape index (κ3) is 6.84. The van der Waals surface area contributed by atoms with E-state index in [1.807, 2.05) is 54.6 Å². The van der Waals surface area contributed by atoms with Crippen molar-refractivity contribution < 1.29 is 14.3 Å². The number of rotatable bonds is 9. The van der Waals surface area contributed by atoms with Gasteiger partial charge in [-0.1, -0.05) is 76.1 Å². The number of benzene rings is 3. The molecule has 3 aromatic carbocycles. The highest BCUT2D eigenvalue weighted by molar-refractivity contribution is 9.10. The van der Waals surface area contributed by atoms with Gasteiger partial charge in [0.15, 0.2) is 6.61 Å². The summed E-state index contributed by atoms with van der Waals surface area (Å²) in [5.74, 6) is -0.0338. The quantitative estimate of drug-likeness (QED) is 0.442. The Bertz CT molecular complexity index is 1040. The van der Waals surface area contributed by atoms with Gasteiger partial charge in [-0.15, -0.1) is 0 Å². The van der Waals surface area contributed by atoms with Gasteiger partial charge in [0, 0.05) is 29.5 Å². The molecule has 3 rings (SSSR count). The molecule has 0 aromatic heterocycles. The summed E-state index contributed by atoms with van der Waals surface area (Å²) >= 11 is 9.44. The van der Waals surface area contributed by atoms with Crippen molar-refractivity contribution in [2.45, 2.75) is 19.0 Å². The fourth-order valence-electron chi connectivity index (χ4n) is 3.29. The van der Waals surface area contributed by atoms with E-state index in [1.54, 1.807) is 36.2 Å². The summed E-state index contributed by atoms with van der Waals surface area (Å²) in [6.45, 7) is 0.0646. The van der Waals surface area contributed by atoms with Crippen LogP contribution in [0.15, 0.2) is 83.3 Å². The lowest BCUT2D eigenvalue weighted by Gasteiger charge is -2.31. The van der Waals surface area contributed by atoms with Crippen molar-refractivity contribution in [1.82, 2.24) is 10.2 Å². The molecule has 0 aliphatic rings. The molecule has 0 unspecified atom stereocenters. The van der Waals surface area contributed by atoms with E-state index in [2.05, 4.69) is 21.2 Å². The Kier molecular flexibility index (Phi) is 8.71. The third-order valence-corrected chi connectivity index (χ3v) is 5.71. The van der Waals surface area contributed by atoms with Crippen LogP contribution >= 0.6 is 27.5 Å². The third-order valence-electron chi connectivity index (χ3n) is 4.94. The highest BCUT2D eigenvalue weighted by atomic mass is 79.9. The summed E-state index contributed by atoms with van der Waals surface area (Å²) in [6.07, 6.45) is 0.389. The Labute approximate surface area is 201 Å². The molecule has 166 valence electrons. The first-order valence-electron chi connectivity index (χ1n) is 10.1. The van der Waals surface area contributed by atoms with E-state index >= 15 is 0 Å². The number of hydrogen-bond acceptors (Lipinski definition) is 3. The standard InChI is InChI=1S/C25H24BrClN2O3/c1-28-25(31)23(14-18-6-3-2-4-7-18)29(16-19-10-12-20(26)13-11-19)24(30)17-32-22-9-5-8-21(27)15-22/h2-13,15,23H,14,16-17H2,1H3,(H,28,31)/t23-/m0/s1. The van der Waals surface area contributed by atoms with Crippen molar-refractivity contribution >= 4 is 39.3 Å². The van der Waals surface area contributed by atoms with Crippen LogP contribution in [-0.4, -0.2) is 36.4 Å². The van der Waals surface area contributed by atoms with Crippen LogP contribution < -0.4 is 10.1 Å². The van der Waals surface area contributed by atoms with Crippen molar-refractivity contribution in [3.05, 3.63) is 99.5 Å². The van der Waals surface area contributed by atoms with Gasteiger partial charge in [-0.25, -0.2) is 0 Å². The lowest BCUT2D eigenvalue weighted by molar-refractivity contribution is -0.142. The lowest BCUT2D eigenvalue weighted by Crippen LogP contribution is -2.51. The monoisotopic (exact) mass is 514 g/mol. The largest absolute Gasteiger partial charge is 0.484 e. The summed E-state index contributed by atoms with van der Waals surface area (Å²) < 4.78 is 6.63. The van der Waals surface area contributed by atoms with Crippen LogP contribution in [0.2, 0.25) is 5.02 Å². The number of nitrogens with zero attached hydrogens (tertiary/aromatic N) is 1. The van der Waals surface area contributed by atoms with Crippen LogP contribution in [0.25, 0.3) is 0 Å². The minimum atomic E-state index is -0.693. The van der Waals surface area contributed by atoms with E-state index in [0.717, 1.165) is 15.6 Å². The van der Waals surface area contributed by atoms with Gasteiger partial charge >= 0.3 is 0 Å². The Morgan fingerprint density at radius 3 is 2.38 bits per heavy atom. The maximum Gasteiger partial charge on any atom is 0.261 e. The summed E-state index contributed by atoms with van der Waals surface area (Å²) in [7, 11) is 1.57. The number of amides is 2. The molecule has 32 heavy (non-hydrogen) atoms. The number of likely N-dealkylation sites (N-methyl/N-ethyl adjacent to an activating group) is 1. The molecule has 5 nitrogen and oxygen atoms in total. The molecule has 0 fully saturated rings.